The number of ether oxygens (including phenoxy) is 3. The van der Waals surface area contributed by atoms with Crippen LogP contribution in [-0.2, 0) is 17.8 Å². The van der Waals surface area contributed by atoms with Crippen molar-refractivity contribution in [2.24, 2.45) is 5.92 Å². The van der Waals surface area contributed by atoms with Crippen LogP contribution < -0.4 is 9.47 Å². The standard InChI is InChI=1S/C16H21N3O3/c1-20-13-6-2-3-7-14(13)22-11-16-17-15(18-19-16)9-12-5-4-8-21-10-12/h2-3,6-7,12H,4-5,8-11H2,1H3,(H,17,18,19). The van der Waals surface area contributed by atoms with Crippen LogP contribution in [-0.4, -0.2) is 35.5 Å². The second-order valence-electron chi connectivity index (χ2n) is 5.43. The molecule has 1 aromatic carbocycles. The summed E-state index contributed by atoms with van der Waals surface area (Å²) >= 11 is 0. The van der Waals surface area contributed by atoms with E-state index >= 15 is 0 Å². The van der Waals surface area contributed by atoms with Gasteiger partial charge in [0.25, 0.3) is 0 Å². The van der Waals surface area contributed by atoms with Crippen LogP contribution in [0.4, 0.5) is 0 Å². The molecular weight excluding hydrogens is 282 g/mol. The van der Waals surface area contributed by atoms with Crippen molar-refractivity contribution in [3.05, 3.63) is 35.9 Å². The van der Waals surface area contributed by atoms with Gasteiger partial charge in [-0.25, -0.2) is 4.98 Å². The minimum Gasteiger partial charge on any atom is -0.493 e. The third-order valence-electron chi connectivity index (χ3n) is 3.74. The molecule has 118 valence electrons. The van der Waals surface area contributed by atoms with Gasteiger partial charge in [0.15, 0.2) is 23.1 Å². The number of hydrogen-bond acceptors (Lipinski definition) is 5. The average Bonchev–Trinajstić information content (AvgIpc) is 3.01. The summed E-state index contributed by atoms with van der Waals surface area (Å²) in [6.45, 7) is 2.03. The molecule has 0 saturated carbocycles. The summed E-state index contributed by atoms with van der Waals surface area (Å²) in [6.07, 6.45) is 3.16. The Bertz CT molecular complexity index is 594. The fraction of sp³-hybridized carbons (Fsp3) is 0.500. The molecule has 2 aromatic rings. The smallest absolute Gasteiger partial charge is 0.162 e. The van der Waals surface area contributed by atoms with Gasteiger partial charge in [-0.2, -0.15) is 5.10 Å². The van der Waals surface area contributed by atoms with Crippen molar-refractivity contribution >= 4 is 0 Å². The van der Waals surface area contributed by atoms with Gasteiger partial charge in [0.2, 0.25) is 0 Å². The van der Waals surface area contributed by atoms with E-state index in [4.69, 9.17) is 14.2 Å². The predicted octanol–water partition coefficient (Wildman–Crippen LogP) is 2.36. The summed E-state index contributed by atoms with van der Waals surface area (Å²) in [5.41, 5.74) is 0. The van der Waals surface area contributed by atoms with Crippen LogP contribution in [0.2, 0.25) is 0 Å². The number of benzene rings is 1. The minimum atomic E-state index is 0.342. The fourth-order valence-corrected chi connectivity index (χ4v) is 2.60. The molecule has 0 amide bonds. The SMILES string of the molecule is COc1ccccc1OCc1nc(CC2CCCOC2)n[nH]1. The van der Waals surface area contributed by atoms with Gasteiger partial charge in [0.1, 0.15) is 6.61 Å². The Kier molecular flexibility index (Phi) is 4.90. The Morgan fingerprint density at radius 3 is 2.95 bits per heavy atom. The van der Waals surface area contributed by atoms with Crippen LogP contribution in [0.3, 0.4) is 0 Å². The van der Waals surface area contributed by atoms with Gasteiger partial charge in [-0.3, -0.25) is 5.10 Å². The highest BCUT2D eigenvalue weighted by atomic mass is 16.5. The van der Waals surface area contributed by atoms with Gasteiger partial charge in [-0.15, -0.1) is 0 Å². The number of H-pyrrole nitrogens is 1. The van der Waals surface area contributed by atoms with Gasteiger partial charge >= 0.3 is 0 Å². The van der Waals surface area contributed by atoms with Crippen molar-refractivity contribution in [1.29, 1.82) is 0 Å². The molecule has 1 saturated heterocycles. The lowest BCUT2D eigenvalue weighted by Crippen LogP contribution is -2.19. The lowest BCUT2D eigenvalue weighted by atomic mass is 9.98. The second kappa shape index (κ2) is 7.26. The van der Waals surface area contributed by atoms with E-state index in [1.807, 2.05) is 24.3 Å². The zero-order valence-electron chi connectivity index (χ0n) is 12.7. The first-order valence-corrected chi connectivity index (χ1v) is 7.59. The predicted molar refractivity (Wildman–Crippen MR) is 81.0 cm³/mol. The molecule has 1 fully saturated rings. The molecular formula is C16H21N3O3. The summed E-state index contributed by atoms with van der Waals surface area (Å²) in [4.78, 5) is 4.49. The molecule has 0 radical (unpaired) electrons. The highest BCUT2D eigenvalue weighted by Crippen LogP contribution is 2.26. The topological polar surface area (TPSA) is 69.3 Å². The normalized spacial score (nSPS) is 18.1. The van der Waals surface area contributed by atoms with E-state index in [9.17, 15) is 0 Å². The lowest BCUT2D eigenvalue weighted by molar-refractivity contribution is 0.0543. The zero-order chi connectivity index (χ0) is 15.2. The average molecular weight is 303 g/mol. The Morgan fingerprint density at radius 2 is 2.18 bits per heavy atom. The summed E-state index contributed by atoms with van der Waals surface area (Å²) in [6, 6.07) is 7.55. The van der Waals surface area contributed by atoms with E-state index in [1.54, 1.807) is 7.11 Å². The molecule has 1 aliphatic rings. The van der Waals surface area contributed by atoms with Crippen LogP contribution >= 0.6 is 0 Å². The van der Waals surface area contributed by atoms with Crippen molar-refractivity contribution in [1.82, 2.24) is 15.2 Å². The van der Waals surface area contributed by atoms with E-state index in [0.717, 1.165) is 37.7 Å². The van der Waals surface area contributed by atoms with Crippen LogP contribution in [0.15, 0.2) is 24.3 Å². The first-order chi connectivity index (χ1) is 10.8. The van der Waals surface area contributed by atoms with Crippen LogP contribution in [0, 0.1) is 5.92 Å². The van der Waals surface area contributed by atoms with Gasteiger partial charge in [0.05, 0.1) is 7.11 Å². The molecule has 1 aliphatic heterocycles. The number of hydrogen-bond donors (Lipinski definition) is 1. The summed E-state index contributed by atoms with van der Waals surface area (Å²) in [5, 5.41) is 7.20. The molecule has 0 aliphatic carbocycles. The van der Waals surface area contributed by atoms with Crippen molar-refractivity contribution in [2.75, 3.05) is 20.3 Å². The third kappa shape index (κ3) is 3.76. The Hall–Kier alpha value is -2.08. The number of aromatic nitrogens is 3. The number of nitrogens with zero attached hydrogens (tertiary/aromatic N) is 2. The van der Waals surface area contributed by atoms with Crippen molar-refractivity contribution in [2.45, 2.75) is 25.9 Å². The van der Waals surface area contributed by atoms with Gasteiger partial charge in [-0.05, 0) is 30.9 Å². The third-order valence-corrected chi connectivity index (χ3v) is 3.74. The highest BCUT2D eigenvalue weighted by Gasteiger charge is 2.17. The summed E-state index contributed by atoms with van der Waals surface area (Å²) in [7, 11) is 1.63. The molecule has 1 atom stereocenters. The maximum absolute atomic E-state index is 5.73. The monoisotopic (exact) mass is 303 g/mol. The first kappa shape index (κ1) is 14.8. The van der Waals surface area contributed by atoms with E-state index in [-0.39, 0.29) is 0 Å². The Balaban J connectivity index is 1.55. The number of rotatable bonds is 6. The van der Waals surface area contributed by atoms with Crippen molar-refractivity contribution < 1.29 is 14.2 Å². The maximum atomic E-state index is 5.73. The molecule has 1 aromatic heterocycles. The van der Waals surface area contributed by atoms with Crippen LogP contribution in [0.25, 0.3) is 0 Å². The Labute approximate surface area is 129 Å². The minimum absolute atomic E-state index is 0.342. The number of para-hydroxylation sites is 2. The molecule has 22 heavy (non-hydrogen) atoms. The largest absolute Gasteiger partial charge is 0.493 e. The zero-order valence-corrected chi connectivity index (χ0v) is 12.7. The maximum Gasteiger partial charge on any atom is 0.162 e. The van der Waals surface area contributed by atoms with Gasteiger partial charge in [-0.1, -0.05) is 12.1 Å². The first-order valence-electron chi connectivity index (χ1n) is 7.59. The van der Waals surface area contributed by atoms with Crippen LogP contribution in [0.1, 0.15) is 24.5 Å². The van der Waals surface area contributed by atoms with Crippen LogP contribution in [0.5, 0.6) is 11.5 Å². The van der Waals surface area contributed by atoms with Gasteiger partial charge in [0, 0.05) is 19.6 Å². The summed E-state index contributed by atoms with van der Waals surface area (Å²) < 4.78 is 16.5. The fourth-order valence-electron chi connectivity index (χ4n) is 2.60. The molecule has 2 heterocycles. The number of aromatic amines is 1. The van der Waals surface area contributed by atoms with Crippen molar-refractivity contribution in [3.63, 3.8) is 0 Å². The van der Waals surface area contributed by atoms with E-state index in [0.29, 0.717) is 24.0 Å². The van der Waals surface area contributed by atoms with Crippen molar-refractivity contribution in [3.8, 4) is 11.5 Å². The number of methoxy groups -OCH3 is 1. The molecule has 1 N–H and O–H groups in total. The molecule has 3 rings (SSSR count). The molecule has 6 nitrogen and oxygen atoms in total. The molecule has 0 bridgehead atoms. The molecule has 6 heteroatoms. The highest BCUT2D eigenvalue weighted by molar-refractivity contribution is 5.39. The quantitative estimate of drug-likeness (QED) is 0.887. The lowest BCUT2D eigenvalue weighted by Gasteiger charge is -2.20. The molecule has 1 unspecified atom stereocenters. The number of nitrogens with one attached hydrogen (secondary N) is 1. The second-order valence-corrected chi connectivity index (χ2v) is 5.43. The van der Waals surface area contributed by atoms with E-state index in [2.05, 4.69) is 15.2 Å². The van der Waals surface area contributed by atoms with E-state index in [1.165, 1.54) is 6.42 Å². The van der Waals surface area contributed by atoms with Gasteiger partial charge < -0.3 is 14.2 Å². The van der Waals surface area contributed by atoms with E-state index < -0.39 is 0 Å². The summed E-state index contributed by atoms with van der Waals surface area (Å²) in [5.74, 6) is 3.48. The molecule has 0 spiro atoms. The Morgan fingerprint density at radius 1 is 1.32 bits per heavy atom.